The van der Waals surface area contributed by atoms with Gasteiger partial charge >= 0.3 is 0 Å². The number of anilines is 1. The van der Waals surface area contributed by atoms with E-state index in [4.69, 9.17) is 4.74 Å². The van der Waals surface area contributed by atoms with Crippen LogP contribution in [0, 0.1) is 0 Å². The van der Waals surface area contributed by atoms with Crippen LogP contribution in [0.1, 0.15) is 24.2 Å². The van der Waals surface area contributed by atoms with E-state index in [9.17, 15) is 9.90 Å². The van der Waals surface area contributed by atoms with Gasteiger partial charge in [-0.15, -0.1) is 0 Å². The SMILES string of the molecule is CCN(CC)c1cc(O)c(C=O)cc1OC. The zero-order valence-corrected chi connectivity index (χ0v) is 9.86. The highest BCUT2D eigenvalue weighted by Gasteiger charge is 2.13. The van der Waals surface area contributed by atoms with Crippen molar-refractivity contribution in [3.63, 3.8) is 0 Å². The summed E-state index contributed by atoms with van der Waals surface area (Å²) in [5, 5.41) is 9.64. The summed E-state index contributed by atoms with van der Waals surface area (Å²) < 4.78 is 5.22. The van der Waals surface area contributed by atoms with Crippen LogP contribution in [-0.4, -0.2) is 31.6 Å². The van der Waals surface area contributed by atoms with Crippen molar-refractivity contribution in [2.24, 2.45) is 0 Å². The van der Waals surface area contributed by atoms with Crippen molar-refractivity contribution >= 4 is 12.0 Å². The minimum atomic E-state index is -0.0160. The Hall–Kier alpha value is -1.71. The summed E-state index contributed by atoms with van der Waals surface area (Å²) in [6.07, 6.45) is 0.615. The van der Waals surface area contributed by atoms with Crippen molar-refractivity contribution in [3.8, 4) is 11.5 Å². The fourth-order valence-electron chi connectivity index (χ4n) is 1.64. The van der Waals surface area contributed by atoms with Crippen LogP contribution in [0.3, 0.4) is 0 Å². The van der Waals surface area contributed by atoms with Crippen molar-refractivity contribution in [2.75, 3.05) is 25.1 Å². The molecule has 0 aliphatic heterocycles. The Labute approximate surface area is 95.5 Å². The first-order chi connectivity index (χ1) is 7.67. The molecule has 0 atom stereocenters. The Balaban J connectivity index is 3.27. The largest absolute Gasteiger partial charge is 0.507 e. The molecule has 0 saturated heterocycles. The number of ether oxygens (including phenoxy) is 1. The molecule has 0 bridgehead atoms. The Morgan fingerprint density at radius 3 is 2.44 bits per heavy atom. The van der Waals surface area contributed by atoms with E-state index in [0.717, 1.165) is 18.8 Å². The molecule has 0 aromatic heterocycles. The highest BCUT2D eigenvalue weighted by molar-refractivity contribution is 5.82. The lowest BCUT2D eigenvalue weighted by Crippen LogP contribution is -2.22. The molecular weight excluding hydrogens is 206 g/mol. The highest BCUT2D eigenvalue weighted by Crippen LogP contribution is 2.34. The number of benzene rings is 1. The number of aromatic hydroxyl groups is 1. The van der Waals surface area contributed by atoms with Crippen LogP contribution >= 0.6 is 0 Å². The van der Waals surface area contributed by atoms with Gasteiger partial charge in [-0.3, -0.25) is 4.79 Å². The number of nitrogens with zero attached hydrogens (tertiary/aromatic N) is 1. The van der Waals surface area contributed by atoms with Gasteiger partial charge in [0.2, 0.25) is 0 Å². The van der Waals surface area contributed by atoms with Gasteiger partial charge in [0.25, 0.3) is 0 Å². The maximum absolute atomic E-state index is 10.7. The van der Waals surface area contributed by atoms with E-state index in [2.05, 4.69) is 0 Å². The summed E-state index contributed by atoms with van der Waals surface area (Å²) in [6, 6.07) is 3.12. The molecule has 1 aromatic rings. The van der Waals surface area contributed by atoms with Crippen LogP contribution < -0.4 is 9.64 Å². The van der Waals surface area contributed by atoms with E-state index in [1.165, 1.54) is 0 Å². The number of hydrogen-bond acceptors (Lipinski definition) is 4. The fourth-order valence-corrected chi connectivity index (χ4v) is 1.64. The quantitative estimate of drug-likeness (QED) is 0.776. The van der Waals surface area contributed by atoms with E-state index in [1.807, 2.05) is 18.7 Å². The van der Waals surface area contributed by atoms with Gasteiger partial charge < -0.3 is 14.7 Å². The minimum Gasteiger partial charge on any atom is -0.507 e. The van der Waals surface area contributed by atoms with Crippen LogP contribution in [0.4, 0.5) is 5.69 Å². The summed E-state index contributed by atoms with van der Waals surface area (Å²) in [7, 11) is 1.55. The number of aldehydes is 1. The van der Waals surface area contributed by atoms with Crippen LogP contribution in [0.5, 0.6) is 11.5 Å². The smallest absolute Gasteiger partial charge is 0.153 e. The lowest BCUT2D eigenvalue weighted by atomic mass is 10.1. The molecular formula is C12H17NO3. The molecule has 1 aromatic carbocycles. The summed E-state index contributed by atoms with van der Waals surface area (Å²) in [5.41, 5.74) is 1.04. The molecule has 88 valence electrons. The summed E-state index contributed by atoms with van der Waals surface area (Å²) >= 11 is 0. The molecule has 0 amide bonds. The average molecular weight is 223 g/mol. The van der Waals surface area contributed by atoms with Gasteiger partial charge in [0.1, 0.15) is 11.5 Å². The third-order valence-corrected chi connectivity index (χ3v) is 2.56. The molecule has 0 unspecified atom stereocenters. The lowest BCUT2D eigenvalue weighted by Gasteiger charge is -2.23. The van der Waals surface area contributed by atoms with Crippen LogP contribution in [0.25, 0.3) is 0 Å². The van der Waals surface area contributed by atoms with E-state index in [-0.39, 0.29) is 11.3 Å². The predicted octanol–water partition coefficient (Wildman–Crippen LogP) is 2.06. The third-order valence-electron chi connectivity index (χ3n) is 2.56. The summed E-state index contributed by atoms with van der Waals surface area (Å²) in [4.78, 5) is 12.7. The van der Waals surface area contributed by atoms with Crippen molar-refractivity contribution < 1.29 is 14.6 Å². The van der Waals surface area contributed by atoms with E-state index < -0.39 is 0 Å². The van der Waals surface area contributed by atoms with Crippen molar-refractivity contribution in [2.45, 2.75) is 13.8 Å². The minimum absolute atomic E-state index is 0.0160. The van der Waals surface area contributed by atoms with E-state index >= 15 is 0 Å². The van der Waals surface area contributed by atoms with E-state index in [1.54, 1.807) is 19.2 Å². The second kappa shape index (κ2) is 5.39. The fraction of sp³-hybridized carbons (Fsp3) is 0.417. The van der Waals surface area contributed by atoms with Gasteiger partial charge in [-0.1, -0.05) is 0 Å². The first kappa shape index (κ1) is 12.4. The molecule has 0 heterocycles. The molecule has 0 radical (unpaired) electrons. The molecule has 16 heavy (non-hydrogen) atoms. The molecule has 4 heteroatoms. The zero-order valence-electron chi connectivity index (χ0n) is 9.86. The molecule has 1 N–H and O–H groups in total. The van der Waals surface area contributed by atoms with Gasteiger partial charge in [-0.25, -0.2) is 0 Å². The Morgan fingerprint density at radius 2 is 2.00 bits per heavy atom. The maximum Gasteiger partial charge on any atom is 0.153 e. The first-order valence-corrected chi connectivity index (χ1v) is 5.29. The maximum atomic E-state index is 10.7. The van der Waals surface area contributed by atoms with Crippen molar-refractivity contribution in [3.05, 3.63) is 17.7 Å². The number of methoxy groups -OCH3 is 1. The first-order valence-electron chi connectivity index (χ1n) is 5.29. The van der Waals surface area contributed by atoms with Gasteiger partial charge in [-0.05, 0) is 19.9 Å². The number of carbonyl (C=O) groups is 1. The van der Waals surface area contributed by atoms with Crippen LogP contribution in [0.15, 0.2) is 12.1 Å². The second-order valence-corrected chi connectivity index (χ2v) is 3.37. The molecule has 0 aliphatic carbocycles. The molecule has 0 aliphatic rings. The lowest BCUT2D eigenvalue weighted by molar-refractivity contribution is 0.112. The van der Waals surface area contributed by atoms with Gasteiger partial charge in [-0.2, -0.15) is 0 Å². The van der Waals surface area contributed by atoms with Crippen LogP contribution in [-0.2, 0) is 0 Å². The molecule has 0 saturated carbocycles. The molecule has 4 nitrogen and oxygen atoms in total. The molecule has 1 rings (SSSR count). The monoisotopic (exact) mass is 223 g/mol. The normalized spacial score (nSPS) is 9.94. The predicted molar refractivity (Wildman–Crippen MR) is 63.6 cm³/mol. The topological polar surface area (TPSA) is 49.8 Å². The number of phenols is 1. The standard InChI is InChI=1S/C12H17NO3/c1-4-13(5-2)10-7-11(15)9(8-14)6-12(10)16-3/h6-8,15H,4-5H2,1-3H3. The Kier molecular flexibility index (Phi) is 4.17. The third kappa shape index (κ3) is 2.27. The summed E-state index contributed by atoms with van der Waals surface area (Å²) in [5.74, 6) is 0.585. The molecule has 0 spiro atoms. The highest BCUT2D eigenvalue weighted by atomic mass is 16.5. The Bertz CT molecular complexity index is 373. The van der Waals surface area contributed by atoms with Gasteiger partial charge in [0.05, 0.1) is 18.4 Å². The average Bonchev–Trinajstić information content (AvgIpc) is 2.31. The zero-order chi connectivity index (χ0) is 12.1. The van der Waals surface area contributed by atoms with Gasteiger partial charge in [0, 0.05) is 19.2 Å². The summed E-state index contributed by atoms with van der Waals surface area (Å²) in [6.45, 7) is 5.67. The Morgan fingerprint density at radius 1 is 1.38 bits per heavy atom. The van der Waals surface area contributed by atoms with Crippen molar-refractivity contribution in [1.82, 2.24) is 0 Å². The number of carbonyl (C=O) groups excluding carboxylic acids is 1. The van der Waals surface area contributed by atoms with Gasteiger partial charge in [0.15, 0.2) is 6.29 Å². The van der Waals surface area contributed by atoms with Crippen molar-refractivity contribution in [1.29, 1.82) is 0 Å². The number of hydrogen-bond donors (Lipinski definition) is 1. The molecule has 0 fully saturated rings. The number of rotatable bonds is 5. The van der Waals surface area contributed by atoms with Crippen LogP contribution in [0.2, 0.25) is 0 Å². The van der Waals surface area contributed by atoms with E-state index in [0.29, 0.717) is 12.0 Å². The number of phenolic OH excluding ortho intramolecular Hbond substituents is 1. The second-order valence-electron chi connectivity index (χ2n) is 3.37.